The SMILES string of the molecule is CC(C)(C)c1ccc(N2c3ccc(C(C)(C)C)cc3B3c4c2cc(-c2c(-c5ccc(C(C)(C)c6ccccc6)cc5)ccnc2-c2ccc(C(C)(C)c5ccccc5)cc2)cc4-n2c4ccc5c6ccccc6c6ccccc6c5c4c4c5c6ccccc6c6ccccc6c5cc3c42)cc1. The lowest BCUT2D eigenvalue weighted by molar-refractivity contribution is 0.590. The Bertz CT molecular complexity index is 6150. The van der Waals surface area contributed by atoms with Gasteiger partial charge in [0.15, 0.2) is 0 Å². The fourth-order valence-corrected chi connectivity index (χ4v) is 17.8. The first kappa shape index (κ1) is 60.8. The van der Waals surface area contributed by atoms with Crippen molar-refractivity contribution in [2.24, 2.45) is 0 Å². The number of rotatable bonds is 8. The predicted molar refractivity (Wildman–Crippen MR) is 434 cm³/mol. The summed E-state index contributed by atoms with van der Waals surface area (Å²) in [7, 11) is 0. The van der Waals surface area contributed by atoms with Gasteiger partial charge in [-0.3, -0.25) is 4.98 Å². The van der Waals surface area contributed by atoms with Gasteiger partial charge in [0, 0.05) is 72.4 Å². The third-order valence-electron chi connectivity index (χ3n) is 23.3. The quantitative estimate of drug-likeness (QED) is 0.112. The second-order valence-corrected chi connectivity index (χ2v) is 31.7. The van der Waals surface area contributed by atoms with E-state index in [2.05, 4.69) is 364 Å². The Kier molecular flexibility index (Phi) is 13.3. The van der Waals surface area contributed by atoms with Crippen LogP contribution in [0.15, 0.2) is 291 Å². The number of benzene rings is 15. The first-order valence-electron chi connectivity index (χ1n) is 36.0. The van der Waals surface area contributed by atoms with Crippen molar-refractivity contribution in [1.29, 1.82) is 0 Å². The molecule has 4 heteroatoms. The highest BCUT2D eigenvalue weighted by Crippen LogP contribution is 2.53. The van der Waals surface area contributed by atoms with Gasteiger partial charge in [-0.25, -0.2) is 0 Å². The molecule has 0 bridgehead atoms. The molecule has 15 aromatic carbocycles. The lowest BCUT2D eigenvalue weighted by Gasteiger charge is -2.41. The third kappa shape index (κ3) is 9.09. The first-order chi connectivity index (χ1) is 48.9. The molecule has 4 heterocycles. The topological polar surface area (TPSA) is 21.1 Å². The summed E-state index contributed by atoms with van der Waals surface area (Å²) >= 11 is 0. The van der Waals surface area contributed by atoms with Crippen LogP contribution in [0.25, 0.3) is 126 Å². The standard InChI is InChI=1S/C97H78BN3/c1-94(2,3)62-45-48-68(49-46-62)100-82-51-47-67(95(4,5)6)57-80(82)98-81-58-79-75-34-20-18-30-71(75)73-32-22-24-36-77(73)88(79)90-89-83(52-50-78-74-33-19-17-29-70(74)72-31-21-23-35-76(72)87(78)89)101(93(81)90)85-56-61(55-84(100)91(85)98)86-69(59-37-41-65(42-38-59)96(7,8)63-25-13-11-14-26-63)53-54-99-92(86)60-39-43-66(44-40-60)97(9,10)64-27-15-12-16-28-64/h11-58H,1-10H3. The van der Waals surface area contributed by atoms with Crippen molar-refractivity contribution in [3.8, 4) is 39.2 Å². The molecule has 19 rings (SSSR count). The molecule has 0 fully saturated rings. The second kappa shape index (κ2) is 22.1. The van der Waals surface area contributed by atoms with Crippen LogP contribution >= 0.6 is 0 Å². The van der Waals surface area contributed by atoms with Crippen LogP contribution in [0.1, 0.15) is 103 Å². The molecule has 101 heavy (non-hydrogen) atoms. The minimum atomic E-state index is -0.236. The van der Waals surface area contributed by atoms with Gasteiger partial charge in [0.1, 0.15) is 0 Å². The Labute approximate surface area is 592 Å². The van der Waals surface area contributed by atoms with Crippen molar-refractivity contribution < 1.29 is 0 Å². The zero-order valence-electron chi connectivity index (χ0n) is 59.1. The van der Waals surface area contributed by atoms with Crippen molar-refractivity contribution in [3.63, 3.8) is 0 Å². The van der Waals surface area contributed by atoms with Gasteiger partial charge >= 0.3 is 0 Å². The average Bonchev–Trinajstić information content (AvgIpc) is 1.57. The van der Waals surface area contributed by atoms with E-state index < -0.39 is 0 Å². The molecule has 484 valence electrons. The van der Waals surface area contributed by atoms with Gasteiger partial charge in [0.25, 0.3) is 6.71 Å². The van der Waals surface area contributed by atoms with Crippen molar-refractivity contribution in [1.82, 2.24) is 9.55 Å². The summed E-state index contributed by atoms with van der Waals surface area (Å²) < 4.78 is 2.74. The number of anilines is 3. The van der Waals surface area contributed by atoms with Crippen molar-refractivity contribution in [2.45, 2.75) is 90.9 Å². The third-order valence-corrected chi connectivity index (χ3v) is 23.3. The average molecular weight is 1300 g/mol. The number of aromatic nitrogens is 2. The van der Waals surface area contributed by atoms with Crippen LogP contribution in [-0.4, -0.2) is 16.3 Å². The highest BCUT2D eigenvalue weighted by atomic mass is 15.2. The molecular weight excluding hydrogens is 1220 g/mol. The molecule has 2 aliphatic rings. The van der Waals surface area contributed by atoms with Gasteiger partial charge in [-0.05, 0) is 174 Å². The molecule has 17 aromatic rings. The van der Waals surface area contributed by atoms with Gasteiger partial charge in [-0.15, -0.1) is 0 Å². The van der Waals surface area contributed by atoms with Crippen LogP contribution in [-0.2, 0) is 21.7 Å². The monoisotopic (exact) mass is 1300 g/mol. The molecule has 0 unspecified atom stereocenters. The van der Waals surface area contributed by atoms with E-state index in [0.717, 1.165) is 44.9 Å². The van der Waals surface area contributed by atoms with Gasteiger partial charge in [0.05, 0.1) is 16.7 Å². The number of pyridine rings is 1. The van der Waals surface area contributed by atoms with Gasteiger partial charge in [0.2, 0.25) is 0 Å². The minimum Gasteiger partial charge on any atom is -0.311 e. The normalized spacial score (nSPS) is 13.2. The van der Waals surface area contributed by atoms with E-state index in [9.17, 15) is 0 Å². The summed E-state index contributed by atoms with van der Waals surface area (Å²) in [5.41, 5.74) is 24.4. The molecule has 0 saturated carbocycles. The van der Waals surface area contributed by atoms with E-state index in [-0.39, 0.29) is 28.4 Å². The largest absolute Gasteiger partial charge is 0.311 e. The zero-order chi connectivity index (χ0) is 68.6. The van der Waals surface area contributed by atoms with Gasteiger partial charge in [-0.2, -0.15) is 0 Å². The number of hydrogen-bond donors (Lipinski definition) is 0. The highest BCUT2D eigenvalue weighted by Gasteiger charge is 2.45. The molecule has 0 saturated heterocycles. The fraction of sp³-hybridized carbons (Fsp3) is 0.144. The maximum Gasteiger partial charge on any atom is 0.252 e. The summed E-state index contributed by atoms with van der Waals surface area (Å²) in [5.74, 6) is 0. The Morgan fingerprint density at radius 2 is 0.752 bits per heavy atom. The molecule has 0 spiro atoms. The van der Waals surface area contributed by atoms with Crippen molar-refractivity contribution >= 4 is 127 Å². The Hall–Kier alpha value is -11.3. The lowest BCUT2D eigenvalue weighted by atomic mass is 9.33. The molecule has 0 N–H and O–H groups in total. The zero-order valence-corrected chi connectivity index (χ0v) is 59.1. The smallest absolute Gasteiger partial charge is 0.252 e. The Morgan fingerprint density at radius 1 is 0.307 bits per heavy atom. The molecule has 0 aliphatic carbocycles. The van der Waals surface area contributed by atoms with Crippen LogP contribution in [0, 0.1) is 0 Å². The molecule has 0 atom stereocenters. The predicted octanol–water partition coefficient (Wildman–Crippen LogP) is 24.0. The molecular formula is C97H78BN3. The summed E-state index contributed by atoms with van der Waals surface area (Å²) in [5, 5.41) is 17.8. The van der Waals surface area contributed by atoms with E-state index in [1.807, 2.05) is 6.20 Å². The van der Waals surface area contributed by atoms with E-state index in [4.69, 9.17) is 4.98 Å². The Balaban J connectivity index is 0.994. The number of hydrogen-bond acceptors (Lipinski definition) is 2. The van der Waals surface area contributed by atoms with Crippen LogP contribution in [0.2, 0.25) is 0 Å². The van der Waals surface area contributed by atoms with Crippen LogP contribution < -0.4 is 21.3 Å². The molecule has 2 aromatic heterocycles. The first-order valence-corrected chi connectivity index (χ1v) is 36.0. The molecule has 0 radical (unpaired) electrons. The minimum absolute atomic E-state index is 0.0488. The van der Waals surface area contributed by atoms with Crippen LogP contribution in [0.5, 0.6) is 0 Å². The van der Waals surface area contributed by atoms with Crippen LogP contribution in [0.3, 0.4) is 0 Å². The van der Waals surface area contributed by atoms with Crippen molar-refractivity contribution in [3.05, 3.63) is 325 Å². The maximum atomic E-state index is 5.60. The summed E-state index contributed by atoms with van der Waals surface area (Å²) in [6.07, 6.45) is 2.04. The number of nitrogens with zero attached hydrogens (tertiary/aromatic N) is 3. The van der Waals surface area contributed by atoms with E-state index in [1.54, 1.807) is 0 Å². The summed E-state index contributed by atoms with van der Waals surface area (Å²) in [6, 6.07) is 109. The lowest BCUT2D eigenvalue weighted by Crippen LogP contribution is -2.60. The van der Waals surface area contributed by atoms with E-state index in [1.165, 1.54) is 148 Å². The van der Waals surface area contributed by atoms with Crippen LogP contribution in [0.4, 0.5) is 17.1 Å². The fourth-order valence-electron chi connectivity index (χ4n) is 17.8. The summed E-state index contributed by atoms with van der Waals surface area (Å²) in [4.78, 5) is 8.22. The maximum absolute atomic E-state index is 5.60. The molecule has 0 amide bonds. The number of fused-ring (bicyclic) bond motifs is 21. The van der Waals surface area contributed by atoms with Gasteiger partial charge in [-0.1, -0.05) is 312 Å². The second-order valence-electron chi connectivity index (χ2n) is 31.7. The summed E-state index contributed by atoms with van der Waals surface area (Å²) in [6.45, 7) is 23.2. The van der Waals surface area contributed by atoms with Crippen molar-refractivity contribution in [2.75, 3.05) is 4.90 Å². The Morgan fingerprint density at radius 3 is 1.30 bits per heavy atom. The van der Waals surface area contributed by atoms with Gasteiger partial charge < -0.3 is 9.47 Å². The molecule has 3 nitrogen and oxygen atoms in total. The van der Waals surface area contributed by atoms with E-state index >= 15 is 0 Å². The highest BCUT2D eigenvalue weighted by molar-refractivity contribution is 7.00. The van der Waals surface area contributed by atoms with E-state index in [0.29, 0.717) is 0 Å². The molecule has 2 aliphatic heterocycles.